The second-order valence-corrected chi connectivity index (χ2v) is 8.54. The van der Waals surface area contributed by atoms with Gasteiger partial charge in [-0.15, -0.1) is 0 Å². The molecule has 1 atom stereocenters. The summed E-state index contributed by atoms with van der Waals surface area (Å²) in [7, 11) is 0. The van der Waals surface area contributed by atoms with Crippen molar-refractivity contribution in [3.05, 3.63) is 58.1 Å². The predicted octanol–water partition coefficient (Wildman–Crippen LogP) is 4.09. The zero-order chi connectivity index (χ0) is 20.8. The number of benzene rings is 2. The molecule has 150 valence electrons. The van der Waals surface area contributed by atoms with E-state index in [2.05, 4.69) is 21.2 Å². The highest BCUT2D eigenvalue weighted by Crippen LogP contribution is 2.43. The number of nitrogens with zero attached hydrogens (tertiary/aromatic N) is 2. The van der Waals surface area contributed by atoms with Crippen molar-refractivity contribution in [1.82, 2.24) is 4.90 Å². The number of hydrogen-bond acceptors (Lipinski definition) is 3. The Kier molecular flexibility index (Phi) is 4.94. The molecule has 2 aliphatic rings. The SMILES string of the molecule is Cc1cc(NC(=O)CCN2C(=O)c3ccccc3N3C(=O)CC[C@]23C)ccc1Br. The van der Waals surface area contributed by atoms with Crippen molar-refractivity contribution in [3.8, 4) is 0 Å². The molecule has 0 aliphatic carbocycles. The lowest BCUT2D eigenvalue weighted by Crippen LogP contribution is -2.62. The molecule has 7 heteroatoms. The Hall–Kier alpha value is -2.67. The van der Waals surface area contributed by atoms with Crippen molar-refractivity contribution >= 4 is 45.0 Å². The molecule has 0 aromatic heterocycles. The second-order valence-electron chi connectivity index (χ2n) is 7.68. The summed E-state index contributed by atoms with van der Waals surface area (Å²) >= 11 is 3.45. The maximum absolute atomic E-state index is 13.2. The van der Waals surface area contributed by atoms with E-state index in [0.29, 0.717) is 24.1 Å². The highest BCUT2D eigenvalue weighted by Gasteiger charge is 2.52. The Labute approximate surface area is 178 Å². The molecular formula is C22H22BrN3O3. The van der Waals surface area contributed by atoms with E-state index in [0.717, 1.165) is 15.7 Å². The van der Waals surface area contributed by atoms with Crippen LogP contribution in [0.1, 0.15) is 42.1 Å². The van der Waals surface area contributed by atoms with Gasteiger partial charge in [-0.2, -0.15) is 0 Å². The van der Waals surface area contributed by atoms with Crippen LogP contribution in [0.3, 0.4) is 0 Å². The molecule has 0 unspecified atom stereocenters. The molecule has 0 spiro atoms. The molecule has 6 nitrogen and oxygen atoms in total. The molecule has 2 heterocycles. The second kappa shape index (κ2) is 7.30. The first kappa shape index (κ1) is 19.6. The van der Waals surface area contributed by atoms with E-state index in [9.17, 15) is 14.4 Å². The smallest absolute Gasteiger partial charge is 0.257 e. The number of anilines is 2. The van der Waals surface area contributed by atoms with Gasteiger partial charge in [0.15, 0.2) is 0 Å². The van der Waals surface area contributed by atoms with Crippen LogP contribution in [0.25, 0.3) is 0 Å². The van der Waals surface area contributed by atoms with Gasteiger partial charge in [0, 0.05) is 29.5 Å². The van der Waals surface area contributed by atoms with Gasteiger partial charge in [0.2, 0.25) is 11.8 Å². The highest BCUT2D eigenvalue weighted by atomic mass is 79.9. The molecule has 3 amide bonds. The minimum absolute atomic E-state index is 0.00670. The van der Waals surface area contributed by atoms with Crippen molar-refractivity contribution in [2.75, 3.05) is 16.8 Å². The quantitative estimate of drug-likeness (QED) is 0.754. The third-order valence-electron chi connectivity index (χ3n) is 5.75. The lowest BCUT2D eigenvalue weighted by molar-refractivity contribution is -0.117. The zero-order valence-electron chi connectivity index (χ0n) is 16.4. The fourth-order valence-corrected chi connectivity index (χ4v) is 4.45. The number of fused-ring (bicyclic) bond motifs is 3. The minimum Gasteiger partial charge on any atom is -0.326 e. The van der Waals surface area contributed by atoms with Gasteiger partial charge in [0.1, 0.15) is 5.66 Å². The molecular weight excluding hydrogens is 434 g/mol. The Balaban J connectivity index is 1.53. The van der Waals surface area contributed by atoms with Crippen LogP contribution in [0.5, 0.6) is 0 Å². The van der Waals surface area contributed by atoms with Gasteiger partial charge in [0.05, 0.1) is 11.3 Å². The monoisotopic (exact) mass is 455 g/mol. The Morgan fingerprint density at radius 1 is 1.21 bits per heavy atom. The van der Waals surface area contributed by atoms with Gasteiger partial charge >= 0.3 is 0 Å². The number of amides is 3. The van der Waals surface area contributed by atoms with Crippen LogP contribution in [-0.2, 0) is 9.59 Å². The minimum atomic E-state index is -0.739. The molecule has 4 rings (SSSR count). The maximum Gasteiger partial charge on any atom is 0.257 e. The van der Waals surface area contributed by atoms with Crippen LogP contribution < -0.4 is 10.2 Å². The number of nitrogens with one attached hydrogen (secondary N) is 1. The van der Waals surface area contributed by atoms with Crippen molar-refractivity contribution in [2.24, 2.45) is 0 Å². The Morgan fingerprint density at radius 2 is 1.97 bits per heavy atom. The van der Waals surface area contributed by atoms with Gasteiger partial charge < -0.3 is 10.2 Å². The Morgan fingerprint density at radius 3 is 2.72 bits per heavy atom. The number of hydrogen-bond donors (Lipinski definition) is 1. The van der Waals surface area contributed by atoms with Crippen LogP contribution in [-0.4, -0.2) is 34.8 Å². The standard InChI is InChI=1S/C22H22BrN3O3/c1-14-13-15(7-8-17(14)23)24-19(27)10-12-25-21(29)16-5-3-4-6-18(16)26-20(28)9-11-22(25,26)2/h3-8,13H,9-12H2,1-2H3,(H,24,27)/t22-/m1/s1. The first-order valence-corrected chi connectivity index (χ1v) is 10.4. The normalized spacial score (nSPS) is 20.5. The average molecular weight is 456 g/mol. The van der Waals surface area contributed by atoms with Gasteiger partial charge in [-0.25, -0.2) is 0 Å². The zero-order valence-corrected chi connectivity index (χ0v) is 18.0. The highest BCUT2D eigenvalue weighted by molar-refractivity contribution is 9.10. The first-order chi connectivity index (χ1) is 13.8. The van der Waals surface area contributed by atoms with E-state index in [1.54, 1.807) is 21.9 Å². The number of para-hydroxylation sites is 1. The summed E-state index contributed by atoms with van der Waals surface area (Å²) in [6.07, 6.45) is 1.10. The molecule has 2 aromatic carbocycles. The summed E-state index contributed by atoms with van der Waals surface area (Å²) in [6.45, 7) is 4.10. The van der Waals surface area contributed by atoms with Gasteiger partial charge in [-0.05, 0) is 56.2 Å². The summed E-state index contributed by atoms with van der Waals surface area (Å²) < 4.78 is 0.979. The van der Waals surface area contributed by atoms with Crippen molar-refractivity contribution < 1.29 is 14.4 Å². The number of halogens is 1. The van der Waals surface area contributed by atoms with Crippen LogP contribution in [0.2, 0.25) is 0 Å². The summed E-state index contributed by atoms with van der Waals surface area (Å²) in [5.74, 6) is -0.300. The molecule has 2 aliphatic heterocycles. The van der Waals surface area contributed by atoms with Crippen LogP contribution in [0, 0.1) is 6.92 Å². The summed E-state index contributed by atoms with van der Waals surface area (Å²) in [6, 6.07) is 12.8. The fourth-order valence-electron chi connectivity index (χ4n) is 4.20. The topological polar surface area (TPSA) is 69.7 Å². The molecule has 1 N–H and O–H groups in total. The van der Waals surface area contributed by atoms with Crippen LogP contribution in [0.15, 0.2) is 46.9 Å². The van der Waals surface area contributed by atoms with Crippen molar-refractivity contribution in [1.29, 1.82) is 0 Å². The first-order valence-electron chi connectivity index (χ1n) is 9.61. The van der Waals surface area contributed by atoms with Crippen molar-refractivity contribution in [3.63, 3.8) is 0 Å². The largest absolute Gasteiger partial charge is 0.326 e. The maximum atomic E-state index is 13.2. The summed E-state index contributed by atoms with van der Waals surface area (Å²) in [4.78, 5) is 41.7. The fraction of sp³-hybridized carbons (Fsp3) is 0.318. The molecule has 0 radical (unpaired) electrons. The average Bonchev–Trinajstić information content (AvgIpc) is 3.00. The molecule has 0 saturated carbocycles. The lowest BCUT2D eigenvalue weighted by Gasteiger charge is -2.48. The van der Waals surface area contributed by atoms with Crippen LogP contribution in [0.4, 0.5) is 11.4 Å². The van der Waals surface area contributed by atoms with E-state index in [-0.39, 0.29) is 30.7 Å². The number of carbonyl (C=O) groups is 3. The molecule has 2 aromatic rings. The van der Waals surface area contributed by atoms with E-state index in [1.807, 2.05) is 44.2 Å². The van der Waals surface area contributed by atoms with Gasteiger partial charge in [0.25, 0.3) is 5.91 Å². The number of aryl methyl sites for hydroxylation is 1. The summed E-state index contributed by atoms with van der Waals surface area (Å²) in [5, 5.41) is 2.89. The van der Waals surface area contributed by atoms with E-state index >= 15 is 0 Å². The van der Waals surface area contributed by atoms with Crippen LogP contribution >= 0.6 is 15.9 Å². The lowest BCUT2D eigenvalue weighted by atomic mass is 9.98. The molecule has 1 saturated heterocycles. The van der Waals surface area contributed by atoms with E-state index < -0.39 is 5.66 Å². The molecule has 1 fully saturated rings. The van der Waals surface area contributed by atoms with E-state index in [1.165, 1.54) is 0 Å². The molecule has 0 bridgehead atoms. The predicted molar refractivity (Wildman–Crippen MR) is 115 cm³/mol. The van der Waals surface area contributed by atoms with E-state index in [4.69, 9.17) is 0 Å². The van der Waals surface area contributed by atoms with Gasteiger partial charge in [-0.1, -0.05) is 28.1 Å². The number of rotatable bonds is 4. The third-order valence-corrected chi connectivity index (χ3v) is 6.64. The summed E-state index contributed by atoms with van der Waals surface area (Å²) in [5.41, 5.74) is 2.17. The Bertz CT molecular complexity index is 1020. The third kappa shape index (κ3) is 3.33. The van der Waals surface area contributed by atoms with Crippen molar-refractivity contribution in [2.45, 2.75) is 38.8 Å². The van der Waals surface area contributed by atoms with Gasteiger partial charge in [-0.3, -0.25) is 19.3 Å². The number of carbonyl (C=O) groups excluding carboxylic acids is 3. The molecule has 29 heavy (non-hydrogen) atoms.